The van der Waals surface area contributed by atoms with Crippen molar-refractivity contribution in [2.45, 2.75) is 41.0 Å². The Morgan fingerprint density at radius 1 is 1.25 bits per heavy atom. The Morgan fingerprint density at radius 2 is 1.80 bits per heavy atom. The van der Waals surface area contributed by atoms with Crippen LogP contribution in [0.3, 0.4) is 0 Å². The van der Waals surface area contributed by atoms with Gasteiger partial charge in [-0.3, -0.25) is 4.79 Å². The number of amides is 2. The van der Waals surface area contributed by atoms with E-state index in [2.05, 4.69) is 33.0 Å². The molecule has 1 heterocycles. The van der Waals surface area contributed by atoms with E-state index in [9.17, 15) is 14.7 Å². The second kappa shape index (κ2) is 6.46. The van der Waals surface area contributed by atoms with E-state index >= 15 is 0 Å². The maximum absolute atomic E-state index is 12.1. The molecule has 0 aromatic rings. The van der Waals surface area contributed by atoms with Crippen molar-refractivity contribution in [3.8, 4) is 0 Å². The topological polar surface area (TPSA) is 69.6 Å². The molecule has 0 aromatic carbocycles. The summed E-state index contributed by atoms with van der Waals surface area (Å²) in [6.45, 7) is 11.8. The van der Waals surface area contributed by atoms with Gasteiger partial charge in [-0.1, -0.05) is 27.7 Å². The highest BCUT2D eigenvalue weighted by Crippen LogP contribution is 2.30. The number of aliphatic carboxylic acids is 1. The number of carbonyl (C=O) groups excluding carboxylic acids is 1. The van der Waals surface area contributed by atoms with Gasteiger partial charge in [0.25, 0.3) is 0 Å². The maximum Gasteiger partial charge on any atom is 0.317 e. The zero-order chi connectivity index (χ0) is 15.5. The van der Waals surface area contributed by atoms with Gasteiger partial charge in [0.05, 0.1) is 5.41 Å². The molecule has 1 rings (SSSR count). The van der Waals surface area contributed by atoms with Gasteiger partial charge in [-0.25, -0.2) is 4.79 Å². The fraction of sp³-hybridized carbons (Fsp3) is 0.867. The first-order chi connectivity index (χ1) is 9.17. The molecule has 2 N–H and O–H groups in total. The van der Waals surface area contributed by atoms with E-state index in [1.54, 1.807) is 11.8 Å². The van der Waals surface area contributed by atoms with Crippen molar-refractivity contribution in [3.63, 3.8) is 0 Å². The summed E-state index contributed by atoms with van der Waals surface area (Å²) < 4.78 is 0. The number of nitrogens with one attached hydrogen (secondary N) is 1. The lowest BCUT2D eigenvalue weighted by Gasteiger charge is -2.27. The SMILES string of the molecule is CC(C)C(CNC(=O)N1CCC(C)(C(=O)O)C1)C(C)C. The molecular formula is C15H28N2O3. The van der Waals surface area contributed by atoms with Gasteiger partial charge in [0, 0.05) is 19.6 Å². The molecule has 1 aliphatic rings. The summed E-state index contributed by atoms with van der Waals surface area (Å²) in [6, 6.07) is -0.138. The molecule has 1 saturated heterocycles. The van der Waals surface area contributed by atoms with Crippen molar-refractivity contribution in [2.75, 3.05) is 19.6 Å². The van der Waals surface area contributed by atoms with Crippen molar-refractivity contribution < 1.29 is 14.7 Å². The summed E-state index contributed by atoms with van der Waals surface area (Å²) in [5.41, 5.74) is -0.799. The first kappa shape index (κ1) is 16.8. The first-order valence-corrected chi connectivity index (χ1v) is 7.43. The van der Waals surface area contributed by atoms with E-state index in [0.717, 1.165) is 0 Å². The standard InChI is InChI=1S/C15H28N2O3/c1-10(2)12(11(3)4)8-16-14(20)17-7-6-15(5,9-17)13(18)19/h10-12H,6-9H2,1-5H3,(H,16,20)(H,18,19). The van der Waals surface area contributed by atoms with Gasteiger partial charge < -0.3 is 15.3 Å². The zero-order valence-electron chi connectivity index (χ0n) is 13.3. The third-order valence-electron chi connectivity index (χ3n) is 4.48. The number of hydrogen-bond donors (Lipinski definition) is 2. The van der Waals surface area contributed by atoms with E-state index in [-0.39, 0.29) is 6.03 Å². The smallest absolute Gasteiger partial charge is 0.317 e. The van der Waals surface area contributed by atoms with Crippen LogP contribution in [0.2, 0.25) is 0 Å². The molecule has 20 heavy (non-hydrogen) atoms. The van der Waals surface area contributed by atoms with E-state index in [1.165, 1.54) is 0 Å². The summed E-state index contributed by atoms with van der Waals surface area (Å²) in [5.74, 6) is 0.638. The Morgan fingerprint density at radius 3 is 2.20 bits per heavy atom. The van der Waals surface area contributed by atoms with Crippen LogP contribution in [-0.2, 0) is 4.79 Å². The Kier molecular flexibility index (Phi) is 5.42. The average Bonchev–Trinajstić information content (AvgIpc) is 2.72. The van der Waals surface area contributed by atoms with Gasteiger partial charge in [0.2, 0.25) is 0 Å². The van der Waals surface area contributed by atoms with Crippen molar-refractivity contribution in [1.82, 2.24) is 10.2 Å². The van der Waals surface area contributed by atoms with Gasteiger partial charge in [-0.15, -0.1) is 0 Å². The minimum absolute atomic E-state index is 0.138. The number of nitrogens with zero attached hydrogens (tertiary/aromatic N) is 1. The van der Waals surface area contributed by atoms with Crippen LogP contribution in [-0.4, -0.2) is 41.6 Å². The summed E-state index contributed by atoms with van der Waals surface area (Å²) in [6.07, 6.45) is 0.521. The fourth-order valence-corrected chi connectivity index (χ4v) is 2.87. The zero-order valence-corrected chi connectivity index (χ0v) is 13.3. The molecular weight excluding hydrogens is 256 g/mol. The van der Waals surface area contributed by atoms with Crippen LogP contribution in [0.25, 0.3) is 0 Å². The molecule has 1 fully saturated rings. The van der Waals surface area contributed by atoms with E-state index < -0.39 is 11.4 Å². The third kappa shape index (κ3) is 3.87. The summed E-state index contributed by atoms with van der Waals surface area (Å²) in [5, 5.41) is 12.1. The Labute approximate surface area is 121 Å². The van der Waals surface area contributed by atoms with Crippen molar-refractivity contribution in [2.24, 2.45) is 23.2 Å². The van der Waals surface area contributed by atoms with Crippen LogP contribution in [0.4, 0.5) is 4.79 Å². The number of carbonyl (C=O) groups is 2. The van der Waals surface area contributed by atoms with Gasteiger partial charge in [0.15, 0.2) is 0 Å². The van der Waals surface area contributed by atoms with E-state index in [1.807, 2.05) is 0 Å². The highest BCUT2D eigenvalue weighted by Gasteiger charge is 2.42. The van der Waals surface area contributed by atoms with Gasteiger partial charge >= 0.3 is 12.0 Å². The number of urea groups is 1. The average molecular weight is 284 g/mol. The molecule has 0 aromatic heterocycles. The van der Waals surface area contributed by atoms with Crippen LogP contribution in [0.5, 0.6) is 0 Å². The maximum atomic E-state index is 12.1. The number of likely N-dealkylation sites (tertiary alicyclic amines) is 1. The molecule has 0 radical (unpaired) electrons. The first-order valence-electron chi connectivity index (χ1n) is 7.43. The second-order valence-electron chi connectivity index (χ2n) is 6.88. The number of rotatable bonds is 5. The molecule has 0 saturated carbocycles. The third-order valence-corrected chi connectivity index (χ3v) is 4.48. The highest BCUT2D eigenvalue weighted by molar-refractivity contribution is 5.79. The minimum Gasteiger partial charge on any atom is -0.481 e. The van der Waals surface area contributed by atoms with Crippen LogP contribution >= 0.6 is 0 Å². The van der Waals surface area contributed by atoms with Gasteiger partial charge in [-0.05, 0) is 31.1 Å². The molecule has 2 amide bonds. The fourth-order valence-electron chi connectivity index (χ4n) is 2.87. The Bertz CT molecular complexity index is 360. The normalized spacial score (nSPS) is 22.9. The summed E-state index contributed by atoms with van der Waals surface area (Å²) in [4.78, 5) is 24.9. The lowest BCUT2D eigenvalue weighted by atomic mass is 9.85. The lowest BCUT2D eigenvalue weighted by molar-refractivity contribution is -0.146. The molecule has 116 valence electrons. The summed E-state index contributed by atoms with van der Waals surface area (Å²) >= 11 is 0. The molecule has 1 aliphatic heterocycles. The minimum atomic E-state index is -0.824. The van der Waals surface area contributed by atoms with Crippen molar-refractivity contribution in [1.29, 1.82) is 0 Å². The van der Waals surface area contributed by atoms with Crippen LogP contribution < -0.4 is 5.32 Å². The van der Waals surface area contributed by atoms with Gasteiger partial charge in [-0.2, -0.15) is 0 Å². The molecule has 1 unspecified atom stereocenters. The predicted molar refractivity (Wildman–Crippen MR) is 78.5 cm³/mol. The Hall–Kier alpha value is -1.26. The van der Waals surface area contributed by atoms with Gasteiger partial charge in [0.1, 0.15) is 0 Å². The molecule has 1 atom stereocenters. The highest BCUT2D eigenvalue weighted by atomic mass is 16.4. The number of carboxylic acid groups (broad SMARTS) is 1. The summed E-state index contributed by atoms with van der Waals surface area (Å²) in [7, 11) is 0. The lowest BCUT2D eigenvalue weighted by Crippen LogP contribution is -2.43. The predicted octanol–water partition coefficient (Wildman–Crippen LogP) is 2.42. The largest absolute Gasteiger partial charge is 0.481 e. The number of hydrogen-bond acceptors (Lipinski definition) is 2. The van der Waals surface area contributed by atoms with E-state index in [4.69, 9.17) is 0 Å². The Balaban J connectivity index is 2.51. The van der Waals surface area contributed by atoms with Crippen molar-refractivity contribution in [3.05, 3.63) is 0 Å². The van der Waals surface area contributed by atoms with E-state index in [0.29, 0.717) is 43.8 Å². The second-order valence-corrected chi connectivity index (χ2v) is 6.88. The monoisotopic (exact) mass is 284 g/mol. The molecule has 0 aliphatic carbocycles. The number of carboxylic acids is 1. The molecule has 5 heteroatoms. The molecule has 0 bridgehead atoms. The van der Waals surface area contributed by atoms with Crippen LogP contribution in [0.1, 0.15) is 41.0 Å². The van der Waals surface area contributed by atoms with Crippen LogP contribution in [0, 0.1) is 23.2 Å². The van der Waals surface area contributed by atoms with Crippen molar-refractivity contribution >= 4 is 12.0 Å². The van der Waals surface area contributed by atoms with Crippen LogP contribution in [0.15, 0.2) is 0 Å². The molecule has 5 nitrogen and oxygen atoms in total. The quantitative estimate of drug-likeness (QED) is 0.814. The molecule has 0 spiro atoms.